The van der Waals surface area contributed by atoms with Crippen LogP contribution in [0.2, 0.25) is 0 Å². The zero-order valence-electron chi connectivity index (χ0n) is 12.2. The number of nitrogens with one attached hydrogen (secondary N) is 1. The van der Waals surface area contributed by atoms with Crippen molar-refractivity contribution in [2.75, 3.05) is 13.1 Å². The highest BCUT2D eigenvalue weighted by molar-refractivity contribution is 5.79. The molecule has 3 rings (SSSR count). The molecule has 1 spiro atoms. The van der Waals surface area contributed by atoms with Gasteiger partial charge in [0.2, 0.25) is 0 Å². The molecule has 0 aromatic carbocycles. The molecular weight excluding hydrogens is 256 g/mol. The summed E-state index contributed by atoms with van der Waals surface area (Å²) in [5, 5.41) is 12.3. The summed E-state index contributed by atoms with van der Waals surface area (Å²) < 4.78 is 0. The van der Waals surface area contributed by atoms with Gasteiger partial charge in [0, 0.05) is 19.1 Å². The lowest BCUT2D eigenvalue weighted by Gasteiger charge is -2.30. The molecule has 5 nitrogen and oxygen atoms in total. The van der Waals surface area contributed by atoms with Crippen LogP contribution in [0.3, 0.4) is 0 Å². The Balaban J connectivity index is 1.49. The quantitative estimate of drug-likeness (QED) is 0.815. The Morgan fingerprint density at radius 2 is 1.80 bits per heavy atom. The maximum Gasteiger partial charge on any atom is 0.317 e. The van der Waals surface area contributed by atoms with Crippen LogP contribution in [0.4, 0.5) is 4.79 Å². The van der Waals surface area contributed by atoms with Crippen molar-refractivity contribution in [3.05, 3.63) is 0 Å². The van der Waals surface area contributed by atoms with E-state index in [1.165, 1.54) is 25.7 Å². The van der Waals surface area contributed by atoms with Gasteiger partial charge in [0.05, 0.1) is 5.41 Å². The van der Waals surface area contributed by atoms with Crippen LogP contribution in [0.5, 0.6) is 0 Å². The summed E-state index contributed by atoms with van der Waals surface area (Å²) >= 11 is 0. The van der Waals surface area contributed by atoms with Gasteiger partial charge in [-0.3, -0.25) is 4.79 Å². The average molecular weight is 280 g/mol. The largest absolute Gasteiger partial charge is 0.481 e. The molecule has 1 saturated heterocycles. The molecule has 2 saturated carbocycles. The van der Waals surface area contributed by atoms with Gasteiger partial charge in [-0.25, -0.2) is 4.79 Å². The molecule has 0 aromatic heterocycles. The number of carbonyl (C=O) groups is 2. The molecule has 112 valence electrons. The summed E-state index contributed by atoms with van der Waals surface area (Å²) in [6, 6.07) is 0.206. The SMILES string of the molecule is CC1(C(=O)O)CCN(C(=O)NC2CCC3(CC2)CC3)C1. The minimum atomic E-state index is -0.804. The van der Waals surface area contributed by atoms with E-state index in [1.54, 1.807) is 11.8 Å². The summed E-state index contributed by atoms with van der Waals surface area (Å²) in [5.74, 6) is -0.804. The van der Waals surface area contributed by atoms with Crippen molar-refractivity contribution in [3.63, 3.8) is 0 Å². The van der Waals surface area contributed by atoms with Crippen LogP contribution < -0.4 is 5.32 Å². The molecule has 2 N–H and O–H groups in total. The maximum absolute atomic E-state index is 12.2. The third-order valence-electron chi connectivity index (χ3n) is 5.61. The topological polar surface area (TPSA) is 69.6 Å². The minimum Gasteiger partial charge on any atom is -0.481 e. The smallest absolute Gasteiger partial charge is 0.317 e. The monoisotopic (exact) mass is 280 g/mol. The highest BCUT2D eigenvalue weighted by Crippen LogP contribution is 2.56. The molecule has 1 heterocycles. The number of amides is 2. The van der Waals surface area contributed by atoms with E-state index in [-0.39, 0.29) is 12.1 Å². The first-order valence-corrected chi connectivity index (χ1v) is 7.71. The molecule has 2 amide bonds. The molecule has 0 bridgehead atoms. The van der Waals surface area contributed by atoms with Crippen molar-refractivity contribution in [2.45, 2.75) is 57.9 Å². The molecule has 1 aliphatic heterocycles. The van der Waals surface area contributed by atoms with Crippen LogP contribution in [0.25, 0.3) is 0 Å². The van der Waals surface area contributed by atoms with Crippen LogP contribution in [0.15, 0.2) is 0 Å². The van der Waals surface area contributed by atoms with Crippen molar-refractivity contribution in [1.82, 2.24) is 10.2 Å². The normalized spacial score (nSPS) is 32.4. The highest BCUT2D eigenvalue weighted by atomic mass is 16.4. The fourth-order valence-electron chi connectivity index (χ4n) is 3.63. The van der Waals surface area contributed by atoms with E-state index in [1.807, 2.05) is 0 Å². The third-order valence-corrected chi connectivity index (χ3v) is 5.61. The average Bonchev–Trinajstić information content (AvgIpc) is 3.04. The van der Waals surface area contributed by atoms with E-state index < -0.39 is 11.4 Å². The lowest BCUT2D eigenvalue weighted by molar-refractivity contribution is -0.147. The predicted octanol–water partition coefficient (Wildman–Crippen LogP) is 2.22. The van der Waals surface area contributed by atoms with Gasteiger partial charge >= 0.3 is 12.0 Å². The van der Waals surface area contributed by atoms with Gasteiger partial charge in [-0.1, -0.05) is 0 Å². The number of likely N-dealkylation sites (tertiary alicyclic amines) is 1. The molecule has 5 heteroatoms. The standard InChI is InChI=1S/C15H24N2O3/c1-14(12(18)19)8-9-17(10-14)13(20)16-11-2-4-15(5-3-11)6-7-15/h11H,2-10H2,1H3,(H,16,20)(H,18,19). The highest BCUT2D eigenvalue weighted by Gasteiger charge is 2.46. The Hall–Kier alpha value is -1.26. The van der Waals surface area contributed by atoms with Crippen LogP contribution in [0, 0.1) is 10.8 Å². The first-order valence-electron chi connectivity index (χ1n) is 7.71. The van der Waals surface area contributed by atoms with Crippen molar-refractivity contribution >= 4 is 12.0 Å². The third kappa shape index (κ3) is 2.50. The zero-order valence-corrected chi connectivity index (χ0v) is 12.2. The second-order valence-electron chi connectivity index (χ2n) is 7.26. The number of aliphatic carboxylic acids is 1. The van der Waals surface area contributed by atoms with Crippen LogP contribution >= 0.6 is 0 Å². The van der Waals surface area contributed by atoms with E-state index in [9.17, 15) is 14.7 Å². The Morgan fingerprint density at radius 3 is 2.30 bits per heavy atom. The summed E-state index contributed by atoms with van der Waals surface area (Å²) in [6.07, 6.45) is 7.93. The van der Waals surface area contributed by atoms with E-state index >= 15 is 0 Å². The van der Waals surface area contributed by atoms with Crippen LogP contribution in [-0.4, -0.2) is 41.1 Å². The maximum atomic E-state index is 12.2. The number of hydrogen-bond donors (Lipinski definition) is 2. The van der Waals surface area contributed by atoms with Crippen molar-refractivity contribution in [2.24, 2.45) is 10.8 Å². The Labute approximate surface area is 119 Å². The number of rotatable bonds is 2. The molecule has 2 aliphatic carbocycles. The first kappa shape index (κ1) is 13.7. The summed E-state index contributed by atoms with van der Waals surface area (Å²) in [7, 11) is 0. The number of carbonyl (C=O) groups excluding carboxylic acids is 1. The molecule has 1 unspecified atom stereocenters. The van der Waals surface area contributed by atoms with Crippen LogP contribution in [-0.2, 0) is 4.79 Å². The second-order valence-corrected chi connectivity index (χ2v) is 7.26. The summed E-state index contributed by atoms with van der Waals surface area (Å²) in [4.78, 5) is 25.1. The van der Waals surface area contributed by atoms with Gasteiger partial charge in [-0.15, -0.1) is 0 Å². The van der Waals surface area contributed by atoms with E-state index in [4.69, 9.17) is 0 Å². The molecule has 3 fully saturated rings. The fourth-order valence-corrected chi connectivity index (χ4v) is 3.63. The summed E-state index contributed by atoms with van der Waals surface area (Å²) in [6.45, 7) is 2.59. The number of hydrogen-bond acceptors (Lipinski definition) is 2. The summed E-state index contributed by atoms with van der Waals surface area (Å²) in [5.41, 5.74) is -0.140. The zero-order chi connectivity index (χ0) is 14.4. The molecule has 0 radical (unpaired) electrons. The van der Waals surface area contributed by atoms with E-state index in [0.29, 0.717) is 24.9 Å². The van der Waals surface area contributed by atoms with Crippen molar-refractivity contribution in [3.8, 4) is 0 Å². The number of nitrogens with zero attached hydrogens (tertiary/aromatic N) is 1. The Morgan fingerprint density at radius 1 is 1.15 bits per heavy atom. The predicted molar refractivity (Wildman–Crippen MR) is 74.4 cm³/mol. The van der Waals surface area contributed by atoms with Gasteiger partial charge in [-0.05, 0) is 57.3 Å². The number of urea groups is 1. The molecule has 20 heavy (non-hydrogen) atoms. The van der Waals surface area contributed by atoms with Gasteiger partial charge in [0.25, 0.3) is 0 Å². The van der Waals surface area contributed by atoms with E-state index in [0.717, 1.165) is 12.8 Å². The Bertz CT molecular complexity index is 423. The number of carboxylic acid groups (broad SMARTS) is 1. The molecule has 0 aromatic rings. The number of carboxylic acids is 1. The first-order chi connectivity index (χ1) is 9.42. The van der Waals surface area contributed by atoms with Gasteiger partial charge in [-0.2, -0.15) is 0 Å². The van der Waals surface area contributed by atoms with Gasteiger partial charge < -0.3 is 15.3 Å². The Kier molecular flexibility index (Phi) is 3.18. The molecule has 1 atom stereocenters. The minimum absolute atomic E-state index is 0.0771. The van der Waals surface area contributed by atoms with E-state index in [2.05, 4.69) is 5.32 Å². The van der Waals surface area contributed by atoms with Crippen molar-refractivity contribution < 1.29 is 14.7 Å². The molecule has 3 aliphatic rings. The fraction of sp³-hybridized carbons (Fsp3) is 0.867. The van der Waals surface area contributed by atoms with Crippen molar-refractivity contribution in [1.29, 1.82) is 0 Å². The van der Waals surface area contributed by atoms with Gasteiger partial charge in [0.1, 0.15) is 0 Å². The second kappa shape index (κ2) is 4.64. The molecular formula is C15H24N2O3. The lowest BCUT2D eigenvalue weighted by atomic mass is 9.83. The lowest BCUT2D eigenvalue weighted by Crippen LogP contribution is -2.46. The van der Waals surface area contributed by atoms with Crippen LogP contribution in [0.1, 0.15) is 51.9 Å². The van der Waals surface area contributed by atoms with Gasteiger partial charge in [0.15, 0.2) is 0 Å².